The molecule has 1 atom stereocenters. The molecule has 2 fully saturated rings. The van der Waals surface area contributed by atoms with Crippen LogP contribution >= 0.6 is 0 Å². The molecular weight excluding hydrogens is 362 g/mol. The maximum atomic E-state index is 12.9. The molecule has 28 heavy (non-hydrogen) atoms. The lowest BCUT2D eigenvalue weighted by molar-refractivity contribution is -0.134. The highest BCUT2D eigenvalue weighted by molar-refractivity contribution is 6.09. The first-order valence-electron chi connectivity index (χ1n) is 9.42. The highest BCUT2D eigenvalue weighted by atomic mass is 16.5. The maximum Gasteiger partial charge on any atom is 0.325 e. The van der Waals surface area contributed by atoms with Crippen molar-refractivity contribution in [1.82, 2.24) is 25.8 Å². The zero-order valence-electron chi connectivity index (χ0n) is 16.3. The topological polar surface area (TPSA) is 103 Å². The molecule has 3 rings (SSSR count). The molecule has 2 aliphatic heterocycles. The molecule has 1 aromatic carbocycles. The van der Waals surface area contributed by atoms with E-state index in [1.165, 1.54) is 0 Å². The number of imide groups is 1. The largest absolute Gasteiger partial charge is 0.497 e. The number of amides is 4. The van der Waals surface area contributed by atoms with E-state index in [4.69, 9.17) is 4.74 Å². The van der Waals surface area contributed by atoms with E-state index in [2.05, 4.69) is 20.9 Å². The van der Waals surface area contributed by atoms with Gasteiger partial charge in [0.1, 0.15) is 17.8 Å². The third-order valence-corrected chi connectivity index (χ3v) is 5.20. The summed E-state index contributed by atoms with van der Waals surface area (Å²) in [6.45, 7) is 6.36. The molecule has 9 nitrogen and oxygen atoms in total. The van der Waals surface area contributed by atoms with Gasteiger partial charge in [-0.1, -0.05) is 12.1 Å². The van der Waals surface area contributed by atoms with E-state index < -0.39 is 17.5 Å². The van der Waals surface area contributed by atoms with Gasteiger partial charge in [-0.05, 0) is 24.6 Å². The molecule has 0 spiro atoms. The smallest absolute Gasteiger partial charge is 0.325 e. The Kier molecular flexibility index (Phi) is 6.15. The quantitative estimate of drug-likeness (QED) is 0.543. The van der Waals surface area contributed by atoms with E-state index in [-0.39, 0.29) is 12.5 Å². The molecule has 2 aliphatic rings. The Hall–Kier alpha value is -2.65. The lowest BCUT2D eigenvalue weighted by atomic mass is 9.92. The maximum absolute atomic E-state index is 12.9. The minimum absolute atomic E-state index is 0.294. The molecule has 0 saturated carbocycles. The summed E-state index contributed by atoms with van der Waals surface area (Å²) in [5.74, 6) is -0.137. The average molecular weight is 389 g/mol. The molecule has 4 amide bonds. The van der Waals surface area contributed by atoms with Gasteiger partial charge in [0.05, 0.1) is 7.11 Å². The number of carbonyl (C=O) groups excluding carboxylic acids is 3. The molecule has 9 heteroatoms. The number of carbonyl (C=O) groups is 3. The fraction of sp³-hybridized carbons (Fsp3) is 0.526. The van der Waals surface area contributed by atoms with Crippen LogP contribution in [-0.4, -0.2) is 80.6 Å². The molecule has 3 N–H and O–H groups in total. The number of hydrogen-bond acceptors (Lipinski definition) is 6. The van der Waals surface area contributed by atoms with Crippen LogP contribution in [0.5, 0.6) is 5.75 Å². The molecule has 1 unspecified atom stereocenters. The van der Waals surface area contributed by atoms with Gasteiger partial charge in [0.25, 0.3) is 5.91 Å². The van der Waals surface area contributed by atoms with Crippen molar-refractivity contribution in [3.05, 3.63) is 29.8 Å². The van der Waals surface area contributed by atoms with E-state index in [0.717, 1.165) is 37.6 Å². The van der Waals surface area contributed by atoms with Crippen LogP contribution in [0.25, 0.3) is 0 Å². The van der Waals surface area contributed by atoms with E-state index in [1.807, 2.05) is 0 Å². The van der Waals surface area contributed by atoms with Gasteiger partial charge in [0.2, 0.25) is 5.91 Å². The van der Waals surface area contributed by atoms with Gasteiger partial charge in [-0.3, -0.25) is 19.4 Å². The minimum Gasteiger partial charge on any atom is -0.497 e. The first-order chi connectivity index (χ1) is 13.4. The van der Waals surface area contributed by atoms with E-state index >= 15 is 0 Å². The molecule has 0 aromatic heterocycles. The van der Waals surface area contributed by atoms with Crippen molar-refractivity contribution in [1.29, 1.82) is 0 Å². The third-order valence-electron chi connectivity index (χ3n) is 5.20. The number of hydrogen-bond donors (Lipinski definition) is 3. The lowest BCUT2D eigenvalue weighted by Gasteiger charge is -2.27. The monoisotopic (exact) mass is 389 g/mol. The summed E-state index contributed by atoms with van der Waals surface area (Å²) in [6.07, 6.45) is 0. The summed E-state index contributed by atoms with van der Waals surface area (Å²) in [4.78, 5) is 40.6. The molecule has 0 aliphatic carbocycles. The molecular formula is C19H27N5O4. The fourth-order valence-electron chi connectivity index (χ4n) is 3.45. The number of rotatable bonds is 7. The van der Waals surface area contributed by atoms with E-state index in [0.29, 0.717) is 17.9 Å². The second-order valence-electron chi connectivity index (χ2n) is 7.12. The zero-order valence-corrected chi connectivity index (χ0v) is 16.3. The Morgan fingerprint density at radius 3 is 2.54 bits per heavy atom. The van der Waals surface area contributed by atoms with Gasteiger partial charge >= 0.3 is 6.03 Å². The SMILES string of the molecule is COc1ccc(C2(C)NC(=O)N(CC(=O)NCCN3CCNCC3)C2=O)cc1. The molecule has 1 aromatic rings. The van der Waals surface area contributed by atoms with Gasteiger partial charge < -0.3 is 20.7 Å². The van der Waals surface area contributed by atoms with Crippen molar-refractivity contribution in [2.45, 2.75) is 12.5 Å². The Morgan fingerprint density at radius 1 is 1.21 bits per heavy atom. The molecule has 0 radical (unpaired) electrons. The van der Waals surface area contributed by atoms with Crippen LogP contribution < -0.4 is 20.7 Å². The molecule has 2 heterocycles. The van der Waals surface area contributed by atoms with E-state index in [1.54, 1.807) is 38.3 Å². The fourth-order valence-corrected chi connectivity index (χ4v) is 3.45. The molecule has 0 bridgehead atoms. The number of benzene rings is 1. The van der Waals surface area contributed by atoms with Crippen LogP contribution in [0, 0.1) is 0 Å². The summed E-state index contributed by atoms with van der Waals surface area (Å²) >= 11 is 0. The van der Waals surface area contributed by atoms with Gasteiger partial charge in [0.15, 0.2) is 0 Å². The zero-order chi connectivity index (χ0) is 20.1. The van der Waals surface area contributed by atoms with Crippen LogP contribution in [-0.2, 0) is 15.1 Å². The first kappa shape index (κ1) is 20.1. The van der Waals surface area contributed by atoms with Crippen LogP contribution in [0.1, 0.15) is 12.5 Å². The summed E-state index contributed by atoms with van der Waals surface area (Å²) in [5.41, 5.74) is -0.571. The average Bonchev–Trinajstić information content (AvgIpc) is 2.93. The van der Waals surface area contributed by atoms with Gasteiger partial charge in [0, 0.05) is 39.3 Å². The van der Waals surface area contributed by atoms with Crippen LogP contribution in [0.2, 0.25) is 0 Å². The van der Waals surface area contributed by atoms with Gasteiger partial charge in [-0.15, -0.1) is 0 Å². The number of nitrogens with zero attached hydrogens (tertiary/aromatic N) is 2. The van der Waals surface area contributed by atoms with Crippen molar-refractivity contribution >= 4 is 17.8 Å². The van der Waals surface area contributed by atoms with Crippen LogP contribution in [0.15, 0.2) is 24.3 Å². The third kappa shape index (κ3) is 4.26. The van der Waals surface area contributed by atoms with Gasteiger partial charge in [-0.2, -0.15) is 0 Å². The Morgan fingerprint density at radius 2 is 1.89 bits per heavy atom. The van der Waals surface area contributed by atoms with Gasteiger partial charge in [-0.25, -0.2) is 4.79 Å². The normalized spacial score (nSPS) is 22.9. The number of urea groups is 1. The highest BCUT2D eigenvalue weighted by Gasteiger charge is 2.49. The molecule has 152 valence electrons. The number of ether oxygens (including phenoxy) is 1. The van der Waals surface area contributed by atoms with Crippen LogP contribution in [0.3, 0.4) is 0 Å². The summed E-state index contributed by atoms with van der Waals surface area (Å²) in [6, 6.07) is 6.35. The van der Waals surface area contributed by atoms with Crippen molar-refractivity contribution in [3.63, 3.8) is 0 Å². The highest BCUT2D eigenvalue weighted by Crippen LogP contribution is 2.29. The Labute approximate surface area is 164 Å². The van der Waals surface area contributed by atoms with Crippen LogP contribution in [0.4, 0.5) is 4.79 Å². The standard InChI is InChI=1S/C19H27N5O4/c1-19(14-3-5-15(28-2)6-4-14)17(26)24(18(27)22-19)13-16(25)21-9-12-23-10-7-20-8-11-23/h3-6,20H,7-13H2,1-2H3,(H,21,25)(H,22,27). The lowest BCUT2D eigenvalue weighted by Crippen LogP contribution is -2.47. The first-order valence-corrected chi connectivity index (χ1v) is 9.42. The number of methoxy groups -OCH3 is 1. The van der Waals surface area contributed by atoms with Crippen molar-refractivity contribution in [2.75, 3.05) is 52.9 Å². The minimum atomic E-state index is -1.20. The Balaban J connectivity index is 1.55. The summed E-state index contributed by atoms with van der Waals surface area (Å²) in [7, 11) is 1.56. The second-order valence-corrected chi connectivity index (χ2v) is 7.12. The van der Waals surface area contributed by atoms with Crippen molar-refractivity contribution < 1.29 is 19.1 Å². The molecule has 2 saturated heterocycles. The van der Waals surface area contributed by atoms with Crippen molar-refractivity contribution in [2.24, 2.45) is 0 Å². The second kappa shape index (κ2) is 8.57. The predicted octanol–water partition coefficient (Wildman–Crippen LogP) is -0.516. The Bertz CT molecular complexity index is 732. The number of piperazine rings is 1. The van der Waals surface area contributed by atoms with Crippen molar-refractivity contribution in [3.8, 4) is 5.75 Å². The number of nitrogens with one attached hydrogen (secondary N) is 3. The summed E-state index contributed by atoms with van der Waals surface area (Å²) < 4.78 is 5.13. The summed E-state index contributed by atoms with van der Waals surface area (Å²) in [5, 5.41) is 8.76. The van der Waals surface area contributed by atoms with E-state index in [9.17, 15) is 14.4 Å². The predicted molar refractivity (Wildman–Crippen MR) is 103 cm³/mol.